The van der Waals surface area contributed by atoms with E-state index in [1.54, 1.807) is 32.2 Å². The van der Waals surface area contributed by atoms with Gasteiger partial charge in [-0.15, -0.1) is 5.10 Å². The van der Waals surface area contributed by atoms with Crippen LogP contribution in [0, 0.1) is 6.92 Å². The van der Waals surface area contributed by atoms with Gasteiger partial charge in [0, 0.05) is 5.69 Å². The van der Waals surface area contributed by atoms with Crippen molar-refractivity contribution in [1.29, 1.82) is 0 Å². The van der Waals surface area contributed by atoms with Gasteiger partial charge in [-0.2, -0.15) is 4.52 Å². The van der Waals surface area contributed by atoms with E-state index in [1.165, 1.54) is 11.6 Å². The van der Waals surface area contributed by atoms with Crippen molar-refractivity contribution in [3.8, 4) is 34.2 Å². The number of oxazole rings is 1. The number of fused-ring (bicyclic) bond motifs is 2. The first-order chi connectivity index (χ1) is 14.6. The summed E-state index contributed by atoms with van der Waals surface area (Å²) in [6, 6.07) is 15.0. The highest BCUT2D eigenvalue weighted by molar-refractivity contribution is 5.84. The summed E-state index contributed by atoms with van der Waals surface area (Å²) < 4.78 is 18.0. The van der Waals surface area contributed by atoms with Crippen molar-refractivity contribution in [3.05, 3.63) is 64.6 Å². The molecule has 2 aromatic carbocycles. The normalized spacial score (nSPS) is 11.3. The fraction of sp³-hybridized carbons (Fsp3) is 0.136. The standard InChI is InChI=1S/C22H18N4O4/c1-12-16(20-24-18-14(28-2)10-7-11-15(18)30-20)22(27)26-19(23-12)17(21(25-26)29-3)13-8-5-4-6-9-13/h4-11,23H,1-3H3. The lowest BCUT2D eigenvalue weighted by Crippen LogP contribution is -2.19. The first kappa shape index (κ1) is 18.0. The number of nitrogens with zero attached hydrogens (tertiary/aromatic N) is 3. The Kier molecular flexibility index (Phi) is 4.06. The second-order valence-electron chi connectivity index (χ2n) is 6.77. The van der Waals surface area contributed by atoms with Gasteiger partial charge in [-0.3, -0.25) is 4.79 Å². The zero-order valence-electron chi connectivity index (χ0n) is 16.6. The van der Waals surface area contributed by atoms with Crippen LogP contribution in [0.15, 0.2) is 57.7 Å². The zero-order chi connectivity index (χ0) is 20.8. The highest BCUT2D eigenvalue weighted by atomic mass is 16.5. The number of rotatable bonds is 4. The third-order valence-corrected chi connectivity index (χ3v) is 5.01. The number of methoxy groups -OCH3 is 2. The van der Waals surface area contributed by atoms with Gasteiger partial charge in [-0.25, -0.2) is 4.98 Å². The lowest BCUT2D eigenvalue weighted by Gasteiger charge is -2.05. The number of aromatic nitrogens is 4. The molecule has 1 N–H and O–H groups in total. The Morgan fingerprint density at radius 2 is 1.80 bits per heavy atom. The number of ether oxygens (including phenoxy) is 2. The lowest BCUT2D eigenvalue weighted by molar-refractivity contribution is 0.396. The van der Waals surface area contributed by atoms with Crippen molar-refractivity contribution in [3.63, 3.8) is 0 Å². The van der Waals surface area contributed by atoms with Crippen LogP contribution in [0.5, 0.6) is 11.6 Å². The Morgan fingerprint density at radius 3 is 2.53 bits per heavy atom. The van der Waals surface area contributed by atoms with E-state index in [1.807, 2.05) is 30.3 Å². The fourth-order valence-electron chi connectivity index (χ4n) is 3.62. The average molecular weight is 402 g/mol. The molecule has 0 amide bonds. The number of para-hydroxylation sites is 1. The molecule has 0 aliphatic heterocycles. The maximum atomic E-state index is 13.4. The van der Waals surface area contributed by atoms with E-state index in [9.17, 15) is 4.79 Å². The summed E-state index contributed by atoms with van der Waals surface area (Å²) in [5.74, 6) is 1.13. The summed E-state index contributed by atoms with van der Waals surface area (Å²) in [6.45, 7) is 1.80. The van der Waals surface area contributed by atoms with E-state index in [2.05, 4.69) is 15.1 Å². The first-order valence-electron chi connectivity index (χ1n) is 9.31. The fourth-order valence-corrected chi connectivity index (χ4v) is 3.62. The second-order valence-corrected chi connectivity index (χ2v) is 6.77. The summed E-state index contributed by atoms with van der Waals surface area (Å²) in [5, 5.41) is 4.38. The van der Waals surface area contributed by atoms with Crippen LogP contribution in [0.4, 0.5) is 0 Å². The third-order valence-electron chi connectivity index (χ3n) is 5.01. The number of aromatic amines is 1. The van der Waals surface area contributed by atoms with Crippen molar-refractivity contribution in [2.45, 2.75) is 6.92 Å². The van der Waals surface area contributed by atoms with E-state index in [0.29, 0.717) is 45.2 Å². The van der Waals surface area contributed by atoms with Crippen molar-refractivity contribution < 1.29 is 13.9 Å². The minimum atomic E-state index is -0.354. The Morgan fingerprint density at radius 1 is 1.00 bits per heavy atom. The molecule has 5 rings (SSSR count). The minimum Gasteiger partial charge on any atom is -0.494 e. The number of hydrogen-bond donors (Lipinski definition) is 1. The molecule has 0 fully saturated rings. The highest BCUT2D eigenvalue weighted by Gasteiger charge is 2.23. The monoisotopic (exact) mass is 402 g/mol. The molecular formula is C22H18N4O4. The molecular weight excluding hydrogens is 384 g/mol. The molecule has 3 heterocycles. The molecule has 30 heavy (non-hydrogen) atoms. The summed E-state index contributed by atoms with van der Waals surface area (Å²) in [6.07, 6.45) is 0. The lowest BCUT2D eigenvalue weighted by atomic mass is 10.1. The Labute approximate surface area is 170 Å². The third kappa shape index (κ3) is 2.57. The van der Waals surface area contributed by atoms with Crippen LogP contribution in [0.2, 0.25) is 0 Å². The maximum Gasteiger partial charge on any atom is 0.287 e. The van der Waals surface area contributed by atoms with Gasteiger partial charge in [-0.05, 0) is 24.6 Å². The van der Waals surface area contributed by atoms with Crippen molar-refractivity contribution in [2.75, 3.05) is 14.2 Å². The van der Waals surface area contributed by atoms with Crippen LogP contribution in [0.3, 0.4) is 0 Å². The number of aryl methyl sites for hydroxylation is 1. The van der Waals surface area contributed by atoms with Gasteiger partial charge in [0.25, 0.3) is 5.56 Å². The van der Waals surface area contributed by atoms with Gasteiger partial charge < -0.3 is 18.9 Å². The highest BCUT2D eigenvalue weighted by Crippen LogP contribution is 2.34. The number of benzene rings is 2. The first-order valence-corrected chi connectivity index (χ1v) is 9.31. The number of H-pyrrole nitrogens is 1. The largest absolute Gasteiger partial charge is 0.494 e. The van der Waals surface area contributed by atoms with Crippen LogP contribution in [-0.4, -0.2) is 33.8 Å². The van der Waals surface area contributed by atoms with Crippen LogP contribution in [-0.2, 0) is 0 Å². The van der Waals surface area contributed by atoms with E-state index in [4.69, 9.17) is 13.9 Å². The summed E-state index contributed by atoms with van der Waals surface area (Å²) >= 11 is 0. The van der Waals surface area contributed by atoms with Crippen molar-refractivity contribution >= 4 is 16.7 Å². The van der Waals surface area contributed by atoms with E-state index in [0.717, 1.165) is 5.56 Å². The topological polar surface area (TPSA) is 94.7 Å². The molecule has 8 nitrogen and oxygen atoms in total. The van der Waals surface area contributed by atoms with Crippen LogP contribution >= 0.6 is 0 Å². The predicted octanol–water partition coefficient (Wildman–Crippen LogP) is 3.82. The molecule has 0 saturated heterocycles. The Hall–Kier alpha value is -4.07. The summed E-state index contributed by atoms with van der Waals surface area (Å²) in [5.41, 5.74) is 3.78. The minimum absolute atomic E-state index is 0.200. The molecule has 150 valence electrons. The van der Waals surface area contributed by atoms with E-state index in [-0.39, 0.29) is 11.4 Å². The smallest absolute Gasteiger partial charge is 0.287 e. The van der Waals surface area contributed by atoms with Gasteiger partial charge in [0.15, 0.2) is 11.1 Å². The summed E-state index contributed by atoms with van der Waals surface area (Å²) in [7, 11) is 3.09. The molecule has 8 heteroatoms. The van der Waals surface area contributed by atoms with E-state index < -0.39 is 0 Å². The van der Waals surface area contributed by atoms with Crippen molar-refractivity contribution in [1.82, 2.24) is 19.6 Å². The number of hydrogen-bond acceptors (Lipinski definition) is 6. The molecule has 0 aliphatic carbocycles. The molecule has 0 bridgehead atoms. The number of nitrogens with one attached hydrogen (secondary N) is 1. The van der Waals surface area contributed by atoms with Gasteiger partial charge in [-0.1, -0.05) is 36.4 Å². The molecule has 0 atom stereocenters. The Bertz CT molecular complexity index is 1450. The molecule has 0 aliphatic rings. The molecule has 5 aromatic rings. The quantitative estimate of drug-likeness (QED) is 0.491. The SMILES string of the molecule is COc1nn2c(=O)c(-c3nc4c(OC)cccc4o3)c(C)[nH]c2c1-c1ccccc1. The second kappa shape index (κ2) is 6.77. The van der Waals surface area contributed by atoms with Crippen molar-refractivity contribution in [2.24, 2.45) is 0 Å². The van der Waals surface area contributed by atoms with Gasteiger partial charge in [0.05, 0.1) is 19.8 Å². The van der Waals surface area contributed by atoms with Crippen LogP contribution in [0.1, 0.15) is 5.69 Å². The molecule has 3 aromatic heterocycles. The van der Waals surface area contributed by atoms with Gasteiger partial charge in [0.1, 0.15) is 17.0 Å². The summed E-state index contributed by atoms with van der Waals surface area (Å²) in [4.78, 5) is 21.2. The van der Waals surface area contributed by atoms with E-state index >= 15 is 0 Å². The molecule has 0 radical (unpaired) electrons. The average Bonchev–Trinajstić information content (AvgIpc) is 3.35. The Balaban J connectivity index is 1.79. The molecule has 0 saturated carbocycles. The molecule has 0 unspecified atom stereocenters. The van der Waals surface area contributed by atoms with Gasteiger partial charge in [0.2, 0.25) is 11.8 Å². The van der Waals surface area contributed by atoms with Crippen LogP contribution < -0.4 is 15.0 Å². The maximum absolute atomic E-state index is 13.4. The zero-order valence-corrected chi connectivity index (χ0v) is 16.6. The predicted molar refractivity (Wildman–Crippen MR) is 112 cm³/mol. The van der Waals surface area contributed by atoms with Crippen LogP contribution in [0.25, 0.3) is 39.3 Å². The molecule has 0 spiro atoms. The van der Waals surface area contributed by atoms with Gasteiger partial charge >= 0.3 is 0 Å².